The van der Waals surface area contributed by atoms with Crippen molar-refractivity contribution in [2.24, 2.45) is 0 Å². The Bertz CT molecular complexity index is 1050. The van der Waals surface area contributed by atoms with Gasteiger partial charge in [-0.1, -0.05) is 11.8 Å². The van der Waals surface area contributed by atoms with E-state index in [2.05, 4.69) is 20.3 Å². The lowest BCUT2D eigenvalue weighted by molar-refractivity contribution is 0.0210. The molecule has 31 heavy (non-hydrogen) atoms. The molecule has 10 heteroatoms. The summed E-state index contributed by atoms with van der Waals surface area (Å²) < 4.78 is 7.27. The van der Waals surface area contributed by atoms with Gasteiger partial charge in [0.05, 0.1) is 11.9 Å². The maximum absolute atomic E-state index is 12.3. The molecule has 0 radical (unpaired) electrons. The summed E-state index contributed by atoms with van der Waals surface area (Å²) in [6.45, 7) is 6.96. The SMILES string of the molecule is CSc1ncc(-c2cnc3ccc(NC4CCN(C(=O)OC(C)(C)C)CC4)nn23)cn1. The van der Waals surface area contributed by atoms with E-state index in [1.54, 1.807) is 28.0 Å². The van der Waals surface area contributed by atoms with Crippen LogP contribution in [0.2, 0.25) is 0 Å². The first kappa shape index (κ1) is 21.4. The molecule has 164 valence electrons. The number of carbonyl (C=O) groups is 1. The van der Waals surface area contributed by atoms with E-state index in [0.717, 1.165) is 40.7 Å². The van der Waals surface area contributed by atoms with Crippen molar-refractivity contribution < 1.29 is 9.53 Å². The minimum atomic E-state index is -0.477. The van der Waals surface area contributed by atoms with Crippen molar-refractivity contribution in [3.8, 4) is 11.3 Å². The van der Waals surface area contributed by atoms with Crippen LogP contribution in [0.4, 0.5) is 10.6 Å². The first-order chi connectivity index (χ1) is 14.8. The second kappa shape index (κ2) is 8.70. The standard InChI is InChI=1S/C21H27N7O2S/c1-21(2,3)30-20(29)27-9-7-15(8-10-27)25-17-5-6-18-22-13-16(28(18)26-17)14-11-23-19(31-4)24-12-14/h5-6,11-13,15H,7-10H2,1-4H3,(H,25,26). The fourth-order valence-electron chi connectivity index (χ4n) is 3.44. The van der Waals surface area contributed by atoms with Crippen molar-refractivity contribution in [3.05, 3.63) is 30.7 Å². The van der Waals surface area contributed by atoms with Crippen LogP contribution >= 0.6 is 11.8 Å². The zero-order chi connectivity index (χ0) is 22.0. The Balaban J connectivity index is 1.43. The van der Waals surface area contributed by atoms with Crippen LogP contribution in [0.1, 0.15) is 33.6 Å². The van der Waals surface area contributed by atoms with E-state index in [1.807, 2.05) is 39.2 Å². The molecule has 9 nitrogen and oxygen atoms in total. The molecule has 0 atom stereocenters. The lowest BCUT2D eigenvalue weighted by Gasteiger charge is -2.33. The molecule has 1 aliphatic heterocycles. The number of hydrogen-bond acceptors (Lipinski definition) is 8. The first-order valence-corrected chi connectivity index (χ1v) is 11.5. The van der Waals surface area contributed by atoms with Crippen molar-refractivity contribution in [2.45, 2.75) is 50.4 Å². The van der Waals surface area contributed by atoms with Crippen LogP contribution in [-0.4, -0.2) is 66.5 Å². The number of thioether (sulfide) groups is 1. The van der Waals surface area contributed by atoms with Gasteiger partial charge in [0.1, 0.15) is 11.4 Å². The van der Waals surface area contributed by atoms with Crippen LogP contribution in [0, 0.1) is 0 Å². The molecule has 0 unspecified atom stereocenters. The van der Waals surface area contributed by atoms with Gasteiger partial charge in [-0.25, -0.2) is 24.3 Å². The van der Waals surface area contributed by atoms with Crippen LogP contribution in [0.5, 0.6) is 0 Å². The third kappa shape index (κ3) is 5.07. The van der Waals surface area contributed by atoms with Crippen LogP contribution < -0.4 is 5.32 Å². The molecular formula is C21H27N7O2S. The number of likely N-dealkylation sites (tertiary alicyclic amines) is 1. The molecule has 1 fully saturated rings. The van der Waals surface area contributed by atoms with Gasteiger partial charge in [-0.2, -0.15) is 0 Å². The van der Waals surface area contributed by atoms with Gasteiger partial charge in [-0.05, 0) is 52.0 Å². The molecule has 0 bridgehead atoms. The van der Waals surface area contributed by atoms with Crippen molar-refractivity contribution in [1.29, 1.82) is 0 Å². The highest BCUT2D eigenvalue weighted by atomic mass is 32.2. The summed E-state index contributed by atoms with van der Waals surface area (Å²) in [5.41, 5.74) is 1.98. The van der Waals surface area contributed by atoms with Gasteiger partial charge < -0.3 is 15.0 Å². The smallest absolute Gasteiger partial charge is 0.410 e. The van der Waals surface area contributed by atoms with E-state index in [9.17, 15) is 4.79 Å². The molecule has 1 amide bonds. The van der Waals surface area contributed by atoms with Gasteiger partial charge in [-0.15, -0.1) is 5.10 Å². The number of imidazole rings is 1. The van der Waals surface area contributed by atoms with E-state index >= 15 is 0 Å². The minimum Gasteiger partial charge on any atom is -0.444 e. The number of fused-ring (bicyclic) bond motifs is 1. The third-order valence-electron chi connectivity index (χ3n) is 4.97. The van der Waals surface area contributed by atoms with Crippen molar-refractivity contribution in [2.75, 3.05) is 24.7 Å². The Labute approximate surface area is 185 Å². The highest BCUT2D eigenvalue weighted by Crippen LogP contribution is 2.22. The number of piperidine rings is 1. The number of rotatable bonds is 4. The van der Waals surface area contributed by atoms with E-state index in [1.165, 1.54) is 11.8 Å². The Morgan fingerprint density at radius 3 is 2.48 bits per heavy atom. The average molecular weight is 442 g/mol. The highest BCUT2D eigenvalue weighted by Gasteiger charge is 2.27. The molecule has 0 aliphatic carbocycles. The van der Waals surface area contributed by atoms with Crippen molar-refractivity contribution in [3.63, 3.8) is 0 Å². The van der Waals surface area contributed by atoms with Crippen molar-refractivity contribution >= 4 is 29.3 Å². The van der Waals surface area contributed by atoms with Crippen LogP contribution in [0.15, 0.2) is 35.9 Å². The summed E-state index contributed by atoms with van der Waals surface area (Å²) in [5.74, 6) is 0.768. The number of hydrogen-bond donors (Lipinski definition) is 1. The predicted molar refractivity (Wildman–Crippen MR) is 120 cm³/mol. The maximum Gasteiger partial charge on any atom is 0.410 e. The fourth-order valence-corrected chi connectivity index (χ4v) is 3.76. The molecule has 1 saturated heterocycles. The monoisotopic (exact) mass is 441 g/mol. The predicted octanol–water partition coefficient (Wildman–Crippen LogP) is 3.72. The summed E-state index contributed by atoms with van der Waals surface area (Å²) in [6, 6.07) is 4.10. The van der Waals surface area contributed by atoms with Gasteiger partial charge in [0, 0.05) is 37.1 Å². The lowest BCUT2D eigenvalue weighted by Crippen LogP contribution is -2.44. The zero-order valence-corrected chi connectivity index (χ0v) is 19.0. The van der Waals surface area contributed by atoms with Crippen LogP contribution in [0.25, 0.3) is 16.9 Å². The highest BCUT2D eigenvalue weighted by molar-refractivity contribution is 7.98. The summed E-state index contributed by atoms with van der Waals surface area (Å²) >= 11 is 1.50. The quantitative estimate of drug-likeness (QED) is 0.483. The summed E-state index contributed by atoms with van der Waals surface area (Å²) in [4.78, 5) is 27.2. The molecule has 4 heterocycles. The fraction of sp³-hybridized carbons (Fsp3) is 0.476. The summed E-state index contributed by atoms with van der Waals surface area (Å²) in [7, 11) is 0. The average Bonchev–Trinajstić information content (AvgIpc) is 3.16. The summed E-state index contributed by atoms with van der Waals surface area (Å²) in [6.07, 6.45) is 8.72. The molecular weight excluding hydrogens is 414 g/mol. The number of aromatic nitrogens is 5. The third-order valence-corrected chi connectivity index (χ3v) is 5.54. The molecule has 0 spiro atoms. The number of carbonyl (C=O) groups excluding carboxylic acids is 1. The van der Waals surface area contributed by atoms with Gasteiger partial charge in [0.15, 0.2) is 10.8 Å². The molecule has 1 N–H and O–H groups in total. The number of ether oxygens (including phenoxy) is 1. The maximum atomic E-state index is 12.3. The molecule has 3 aromatic rings. The lowest BCUT2D eigenvalue weighted by atomic mass is 10.1. The first-order valence-electron chi connectivity index (χ1n) is 10.3. The number of nitrogens with one attached hydrogen (secondary N) is 1. The van der Waals surface area contributed by atoms with E-state index < -0.39 is 5.60 Å². The van der Waals surface area contributed by atoms with E-state index in [4.69, 9.17) is 9.84 Å². The Morgan fingerprint density at radius 2 is 1.84 bits per heavy atom. The van der Waals surface area contributed by atoms with E-state index in [-0.39, 0.29) is 12.1 Å². The Morgan fingerprint density at radius 1 is 1.13 bits per heavy atom. The van der Waals surface area contributed by atoms with E-state index in [0.29, 0.717) is 13.1 Å². The second-order valence-electron chi connectivity index (χ2n) is 8.48. The molecule has 1 aliphatic rings. The Kier molecular flexibility index (Phi) is 5.99. The van der Waals surface area contributed by atoms with Crippen LogP contribution in [-0.2, 0) is 4.74 Å². The topological polar surface area (TPSA) is 97.5 Å². The largest absolute Gasteiger partial charge is 0.444 e. The summed E-state index contributed by atoms with van der Waals surface area (Å²) in [5, 5.41) is 8.95. The Hall–Kier alpha value is -2.88. The molecule has 0 aromatic carbocycles. The van der Waals surface area contributed by atoms with Gasteiger partial charge >= 0.3 is 6.09 Å². The number of anilines is 1. The number of nitrogens with zero attached hydrogens (tertiary/aromatic N) is 6. The van der Waals surface area contributed by atoms with Gasteiger partial charge in [-0.3, -0.25) is 0 Å². The normalized spacial score (nSPS) is 15.3. The minimum absolute atomic E-state index is 0.236. The van der Waals surface area contributed by atoms with Crippen molar-refractivity contribution in [1.82, 2.24) is 29.5 Å². The van der Waals surface area contributed by atoms with Gasteiger partial charge in [0.2, 0.25) is 0 Å². The molecule has 0 saturated carbocycles. The molecule has 3 aromatic heterocycles. The zero-order valence-electron chi connectivity index (χ0n) is 18.2. The van der Waals surface area contributed by atoms with Gasteiger partial charge in [0.25, 0.3) is 0 Å². The van der Waals surface area contributed by atoms with Crippen LogP contribution in [0.3, 0.4) is 0 Å². The second-order valence-corrected chi connectivity index (χ2v) is 9.25. The molecule has 4 rings (SSSR count). The number of amides is 1.